The molecule has 1 atom stereocenters. The Morgan fingerprint density at radius 2 is 1.82 bits per heavy atom. The molecule has 11 nitrogen and oxygen atoms in total. The van der Waals surface area contributed by atoms with Crippen molar-refractivity contribution >= 4 is 28.3 Å². The minimum absolute atomic E-state index is 0.00309. The van der Waals surface area contributed by atoms with Crippen LogP contribution in [0.4, 0.5) is 35.9 Å². The molecule has 0 radical (unpaired) electrons. The number of anilines is 1. The first kappa shape index (κ1) is 32.2. The van der Waals surface area contributed by atoms with Crippen molar-refractivity contribution < 1.29 is 45.1 Å². The van der Waals surface area contributed by atoms with E-state index in [1.165, 1.54) is 24.4 Å². The molecule has 4 rings (SSSR count). The molecule has 234 valence electrons. The number of hydrogen-bond acceptors (Lipinski definition) is 9. The molecule has 1 unspecified atom stereocenters. The molecule has 19 heteroatoms. The highest BCUT2D eigenvalue weighted by atomic mass is 32.1. The lowest BCUT2D eigenvalue weighted by Gasteiger charge is -2.09. The van der Waals surface area contributed by atoms with E-state index in [-0.39, 0.29) is 48.7 Å². The van der Waals surface area contributed by atoms with E-state index < -0.39 is 42.0 Å². The Bertz CT molecular complexity index is 1570. The number of halogens is 7. The van der Waals surface area contributed by atoms with Crippen LogP contribution < -0.4 is 15.4 Å². The minimum Gasteiger partial charge on any atom is -0.406 e. The Morgan fingerprint density at radius 3 is 2.52 bits per heavy atom. The molecule has 2 amide bonds. The molecule has 0 fully saturated rings. The third-order valence-electron chi connectivity index (χ3n) is 5.61. The van der Waals surface area contributed by atoms with Crippen molar-refractivity contribution in [1.29, 1.82) is 0 Å². The number of nitrogens with one attached hydrogen (secondary N) is 2. The fraction of sp³-hybridized carbons (Fsp3) is 0.320. The summed E-state index contributed by atoms with van der Waals surface area (Å²) < 4.78 is 94.6. The Hall–Kier alpha value is -4.68. The summed E-state index contributed by atoms with van der Waals surface area (Å²) in [4.78, 5) is 27.9. The summed E-state index contributed by atoms with van der Waals surface area (Å²) in [5.74, 6) is -1.68. The standard InChI is InChI=1S/C25H21F7N8O3S/c26-16(12-40-13-18(36-39-40)22(42)34-11-15-4-6-19(33-10-15)24(27,28)29)5-7-21-37-38-23(44-21)35-20(41)9-14-2-1-3-17(8-14)43-25(30,31)32/h1-4,6,8,10,13,16H,5,7,9,11-12H2,(H,34,42)(H,35,38,41). The zero-order chi connectivity index (χ0) is 31.9. The van der Waals surface area contributed by atoms with Crippen molar-refractivity contribution in [1.82, 2.24) is 35.5 Å². The second-order valence-corrected chi connectivity index (χ2v) is 10.2. The summed E-state index contributed by atoms with van der Waals surface area (Å²) in [6.07, 6.45) is -8.74. The molecule has 0 aliphatic rings. The number of aryl methyl sites for hydroxylation is 1. The van der Waals surface area contributed by atoms with Crippen LogP contribution in [-0.4, -0.2) is 54.5 Å². The molecule has 3 heterocycles. The third kappa shape index (κ3) is 9.96. The molecule has 0 saturated carbocycles. The number of aromatic nitrogens is 6. The molecule has 2 N–H and O–H groups in total. The topological polar surface area (TPSA) is 137 Å². The van der Waals surface area contributed by atoms with Crippen LogP contribution in [0.1, 0.15) is 38.7 Å². The molecule has 0 spiro atoms. The van der Waals surface area contributed by atoms with E-state index in [9.17, 15) is 40.3 Å². The monoisotopic (exact) mass is 646 g/mol. The average Bonchev–Trinajstić information content (AvgIpc) is 3.59. The first-order chi connectivity index (χ1) is 20.7. The normalized spacial score (nSPS) is 12.5. The molecule has 0 saturated heterocycles. The molecule has 44 heavy (non-hydrogen) atoms. The van der Waals surface area contributed by atoms with Gasteiger partial charge in [-0.1, -0.05) is 34.7 Å². The summed E-state index contributed by atoms with van der Waals surface area (Å²) in [7, 11) is 0. The molecular weight excluding hydrogens is 625 g/mol. The first-order valence-electron chi connectivity index (χ1n) is 12.5. The zero-order valence-electron chi connectivity index (χ0n) is 22.2. The molecule has 0 bridgehead atoms. The van der Waals surface area contributed by atoms with Gasteiger partial charge in [0.15, 0.2) is 5.69 Å². The first-order valence-corrected chi connectivity index (χ1v) is 13.4. The molecular formula is C25H21F7N8O3S. The van der Waals surface area contributed by atoms with E-state index in [1.807, 2.05) is 0 Å². The summed E-state index contributed by atoms with van der Waals surface area (Å²) >= 11 is 1.00. The van der Waals surface area contributed by atoms with Gasteiger partial charge in [0.25, 0.3) is 5.91 Å². The quantitative estimate of drug-likeness (QED) is 0.215. The van der Waals surface area contributed by atoms with Crippen LogP contribution in [0.5, 0.6) is 5.75 Å². The number of pyridine rings is 1. The van der Waals surface area contributed by atoms with Crippen molar-refractivity contribution in [3.05, 3.63) is 76.3 Å². The maximum Gasteiger partial charge on any atom is 0.573 e. The fourth-order valence-electron chi connectivity index (χ4n) is 3.64. The van der Waals surface area contributed by atoms with Crippen LogP contribution in [-0.2, 0) is 36.9 Å². The van der Waals surface area contributed by atoms with Crippen LogP contribution >= 0.6 is 11.3 Å². The van der Waals surface area contributed by atoms with Crippen LogP contribution in [0.25, 0.3) is 0 Å². The van der Waals surface area contributed by atoms with Crippen LogP contribution in [0, 0.1) is 0 Å². The summed E-state index contributed by atoms with van der Waals surface area (Å²) in [6, 6.07) is 6.95. The van der Waals surface area contributed by atoms with Gasteiger partial charge in [0.1, 0.15) is 22.6 Å². The zero-order valence-corrected chi connectivity index (χ0v) is 23.0. The number of carbonyl (C=O) groups is 2. The Labute approximate surface area is 247 Å². The van der Waals surface area contributed by atoms with Gasteiger partial charge in [-0.25, -0.2) is 9.07 Å². The van der Waals surface area contributed by atoms with Crippen LogP contribution in [0.15, 0.2) is 48.8 Å². The van der Waals surface area contributed by atoms with E-state index in [4.69, 9.17) is 0 Å². The molecule has 3 aromatic heterocycles. The highest BCUT2D eigenvalue weighted by Crippen LogP contribution is 2.27. The Kier molecular flexibility index (Phi) is 10.1. The number of benzene rings is 1. The predicted molar refractivity (Wildman–Crippen MR) is 139 cm³/mol. The Balaban J connectivity index is 1.19. The fourth-order valence-corrected chi connectivity index (χ4v) is 4.41. The van der Waals surface area contributed by atoms with E-state index in [0.29, 0.717) is 10.6 Å². The molecule has 4 aromatic rings. The number of rotatable bonds is 12. The summed E-state index contributed by atoms with van der Waals surface area (Å²) in [5.41, 5.74) is -0.580. The maximum atomic E-state index is 14.6. The van der Waals surface area contributed by atoms with E-state index in [2.05, 4.69) is 40.9 Å². The van der Waals surface area contributed by atoms with Gasteiger partial charge < -0.3 is 15.4 Å². The summed E-state index contributed by atoms with van der Waals surface area (Å²) in [5, 5.41) is 20.6. The smallest absolute Gasteiger partial charge is 0.406 e. The summed E-state index contributed by atoms with van der Waals surface area (Å²) in [6.45, 7) is -0.348. The van der Waals surface area contributed by atoms with Crippen LogP contribution in [0.3, 0.4) is 0 Å². The van der Waals surface area contributed by atoms with Gasteiger partial charge in [-0.2, -0.15) is 13.2 Å². The van der Waals surface area contributed by atoms with Crippen LogP contribution in [0.2, 0.25) is 0 Å². The van der Waals surface area contributed by atoms with Crippen molar-refractivity contribution in [3.8, 4) is 5.75 Å². The molecule has 0 aliphatic heterocycles. The maximum absolute atomic E-state index is 14.6. The van der Waals surface area contributed by atoms with Gasteiger partial charge >= 0.3 is 12.5 Å². The number of alkyl halides is 7. The highest BCUT2D eigenvalue weighted by molar-refractivity contribution is 7.15. The van der Waals surface area contributed by atoms with Crippen molar-refractivity contribution in [2.75, 3.05) is 5.32 Å². The van der Waals surface area contributed by atoms with E-state index >= 15 is 0 Å². The number of nitrogens with zero attached hydrogens (tertiary/aromatic N) is 6. The van der Waals surface area contributed by atoms with Gasteiger partial charge in [-0.3, -0.25) is 14.6 Å². The van der Waals surface area contributed by atoms with Gasteiger partial charge in [0, 0.05) is 19.2 Å². The predicted octanol–water partition coefficient (Wildman–Crippen LogP) is 4.52. The lowest BCUT2D eigenvalue weighted by Crippen LogP contribution is -2.23. The van der Waals surface area contributed by atoms with Crippen molar-refractivity contribution in [2.45, 2.75) is 51.1 Å². The lowest BCUT2D eigenvalue weighted by molar-refractivity contribution is -0.274. The van der Waals surface area contributed by atoms with Gasteiger partial charge in [-0.15, -0.1) is 28.5 Å². The number of hydrogen-bond donors (Lipinski definition) is 2. The number of amides is 2. The van der Waals surface area contributed by atoms with Gasteiger partial charge in [0.05, 0.1) is 19.2 Å². The largest absolute Gasteiger partial charge is 0.573 e. The van der Waals surface area contributed by atoms with Gasteiger partial charge in [-0.05, 0) is 35.7 Å². The molecule has 0 aliphatic carbocycles. The number of carbonyl (C=O) groups excluding carboxylic acids is 2. The van der Waals surface area contributed by atoms with E-state index in [1.54, 1.807) is 0 Å². The minimum atomic E-state index is -4.86. The SMILES string of the molecule is O=C(Cc1cccc(OC(F)(F)F)c1)Nc1nnc(CCC(F)Cn2cc(C(=O)NCc3ccc(C(F)(F)F)nc3)nn2)s1. The van der Waals surface area contributed by atoms with Crippen molar-refractivity contribution in [2.24, 2.45) is 0 Å². The van der Waals surface area contributed by atoms with Gasteiger partial charge in [0.2, 0.25) is 11.0 Å². The average molecular weight is 647 g/mol. The highest BCUT2D eigenvalue weighted by Gasteiger charge is 2.32. The third-order valence-corrected chi connectivity index (χ3v) is 6.50. The second kappa shape index (κ2) is 13.7. The second-order valence-electron chi connectivity index (χ2n) is 9.12. The van der Waals surface area contributed by atoms with Crippen molar-refractivity contribution in [3.63, 3.8) is 0 Å². The molecule has 1 aromatic carbocycles. The van der Waals surface area contributed by atoms with E-state index in [0.717, 1.165) is 40.4 Å². The Morgan fingerprint density at radius 1 is 1.02 bits per heavy atom. The number of ether oxygens (including phenoxy) is 1. The lowest BCUT2D eigenvalue weighted by atomic mass is 10.1.